The molecular weight excluding hydrogens is 326 g/mol. The van der Waals surface area contributed by atoms with E-state index in [9.17, 15) is 4.79 Å². The largest absolute Gasteiger partial charge is 1.00 e. The molecule has 4 nitrogen and oxygen atoms in total. The number of hydrogen-bond acceptors (Lipinski definition) is 3. The Balaban J connectivity index is 0.00000208. The smallest absolute Gasteiger partial charge is 0.193 e. The van der Waals surface area contributed by atoms with Gasteiger partial charge in [0.2, 0.25) is 0 Å². The van der Waals surface area contributed by atoms with Crippen LogP contribution in [0.5, 0.6) is 5.75 Å². The van der Waals surface area contributed by atoms with Crippen molar-refractivity contribution in [3.8, 4) is 17.1 Å². The minimum Gasteiger partial charge on any atom is -1.00 e. The molecule has 5 heteroatoms. The van der Waals surface area contributed by atoms with Gasteiger partial charge in [0.15, 0.2) is 5.43 Å². The third kappa shape index (κ3) is 3.45. The molecule has 0 bridgehead atoms. The predicted octanol–water partition coefficient (Wildman–Crippen LogP) is 0.669. The molecule has 0 atom stereocenters. The summed E-state index contributed by atoms with van der Waals surface area (Å²) in [6, 6.07) is 14.8. The summed E-state index contributed by atoms with van der Waals surface area (Å²) in [5.41, 5.74) is 2.47. The molecular formula is C19H20ClNO3. The van der Waals surface area contributed by atoms with Crippen molar-refractivity contribution in [1.29, 1.82) is 0 Å². The Morgan fingerprint density at radius 1 is 0.958 bits per heavy atom. The van der Waals surface area contributed by atoms with Gasteiger partial charge >= 0.3 is 0 Å². The van der Waals surface area contributed by atoms with Gasteiger partial charge in [-0.1, -0.05) is 0 Å². The molecule has 3 aromatic rings. The number of halogens is 1. The van der Waals surface area contributed by atoms with E-state index in [0.29, 0.717) is 21.2 Å². The summed E-state index contributed by atoms with van der Waals surface area (Å²) in [6.45, 7) is 0. The van der Waals surface area contributed by atoms with Crippen molar-refractivity contribution >= 4 is 16.7 Å². The quantitative estimate of drug-likeness (QED) is 0.655. The molecule has 2 aromatic carbocycles. The molecule has 0 aliphatic rings. The van der Waals surface area contributed by atoms with Gasteiger partial charge in [0.05, 0.1) is 33.6 Å². The van der Waals surface area contributed by atoms with Gasteiger partial charge in [-0.15, -0.1) is 0 Å². The van der Waals surface area contributed by atoms with Gasteiger partial charge in [-0.3, -0.25) is 9.28 Å². The number of benzene rings is 2. The van der Waals surface area contributed by atoms with Crippen LogP contribution in [0.4, 0.5) is 5.69 Å². The molecule has 0 aliphatic heterocycles. The molecule has 126 valence electrons. The highest BCUT2D eigenvalue weighted by Crippen LogP contribution is 2.27. The molecule has 0 aliphatic carbocycles. The first-order chi connectivity index (χ1) is 10.9. The van der Waals surface area contributed by atoms with Crippen LogP contribution in [0, 0.1) is 0 Å². The number of ether oxygens (including phenoxy) is 1. The Labute approximate surface area is 147 Å². The van der Waals surface area contributed by atoms with Crippen molar-refractivity contribution in [2.75, 3.05) is 28.3 Å². The lowest BCUT2D eigenvalue weighted by Gasteiger charge is -2.23. The van der Waals surface area contributed by atoms with E-state index in [1.165, 1.54) is 0 Å². The molecule has 3 rings (SSSR count). The lowest BCUT2D eigenvalue weighted by atomic mass is 10.1. The first-order valence-electron chi connectivity index (χ1n) is 7.43. The average molecular weight is 346 g/mol. The van der Waals surface area contributed by atoms with Crippen molar-refractivity contribution in [1.82, 2.24) is 4.48 Å². The van der Waals surface area contributed by atoms with Gasteiger partial charge in [0.25, 0.3) is 0 Å². The molecule has 0 saturated carbocycles. The highest BCUT2D eigenvalue weighted by molar-refractivity contribution is 5.82. The number of fused-ring (bicyclic) bond motifs is 1. The summed E-state index contributed by atoms with van der Waals surface area (Å²) < 4.78 is 11.7. The fourth-order valence-corrected chi connectivity index (χ4v) is 2.46. The Kier molecular flexibility index (Phi) is 5.02. The standard InChI is InChI=1S/C19H20NO3.ClH/c1-20(2,3)14-7-10-18-16(11-14)17(21)12-19(23-18)13-5-8-15(22-4)9-6-13;/h5-12H,1-4H3;1H/q+1;/p-1. The van der Waals surface area contributed by atoms with E-state index >= 15 is 0 Å². The number of nitrogens with zero attached hydrogens (tertiary/aromatic N) is 1. The van der Waals surface area contributed by atoms with Crippen LogP contribution in [-0.2, 0) is 0 Å². The predicted molar refractivity (Wildman–Crippen MR) is 94.0 cm³/mol. The van der Waals surface area contributed by atoms with Crippen molar-refractivity contribution in [2.45, 2.75) is 0 Å². The normalized spacial score (nSPS) is 11.2. The average Bonchev–Trinajstić information content (AvgIpc) is 2.53. The van der Waals surface area contributed by atoms with E-state index in [2.05, 4.69) is 21.1 Å². The molecule has 0 amide bonds. The minimum absolute atomic E-state index is 0. The number of hydrogen-bond donors (Lipinski definition) is 0. The first kappa shape index (κ1) is 18.0. The van der Waals surface area contributed by atoms with Crippen LogP contribution in [0.2, 0.25) is 0 Å². The molecule has 0 unspecified atom stereocenters. The Morgan fingerprint density at radius 3 is 2.21 bits per heavy atom. The zero-order chi connectivity index (χ0) is 16.6. The zero-order valence-corrected chi connectivity index (χ0v) is 14.9. The van der Waals surface area contributed by atoms with E-state index in [1.54, 1.807) is 13.2 Å². The second kappa shape index (κ2) is 6.67. The van der Waals surface area contributed by atoms with Gasteiger partial charge in [0, 0.05) is 23.8 Å². The monoisotopic (exact) mass is 345 g/mol. The summed E-state index contributed by atoms with van der Waals surface area (Å²) in [4.78, 5) is 12.5. The second-order valence-electron chi connectivity index (χ2n) is 6.40. The maximum absolute atomic E-state index is 12.5. The van der Waals surface area contributed by atoms with E-state index < -0.39 is 0 Å². The van der Waals surface area contributed by atoms with Crippen LogP contribution in [0.15, 0.2) is 57.7 Å². The topological polar surface area (TPSA) is 39.4 Å². The first-order valence-corrected chi connectivity index (χ1v) is 7.43. The summed E-state index contributed by atoms with van der Waals surface area (Å²) in [5.74, 6) is 1.33. The third-order valence-electron chi connectivity index (χ3n) is 3.86. The second-order valence-corrected chi connectivity index (χ2v) is 6.40. The van der Waals surface area contributed by atoms with Crippen LogP contribution in [-0.4, -0.2) is 28.3 Å². The number of quaternary nitrogens is 1. The maximum atomic E-state index is 12.5. The molecule has 1 aromatic heterocycles. The van der Waals surface area contributed by atoms with Crippen LogP contribution in [0.1, 0.15) is 0 Å². The lowest BCUT2D eigenvalue weighted by Crippen LogP contribution is -3.00. The number of rotatable bonds is 3. The number of methoxy groups -OCH3 is 1. The summed E-state index contributed by atoms with van der Waals surface area (Å²) >= 11 is 0. The highest BCUT2D eigenvalue weighted by atomic mass is 35.5. The van der Waals surface area contributed by atoms with Gasteiger partial charge < -0.3 is 21.6 Å². The van der Waals surface area contributed by atoms with E-state index in [1.807, 2.05) is 42.5 Å². The van der Waals surface area contributed by atoms with Crippen LogP contribution >= 0.6 is 0 Å². The van der Waals surface area contributed by atoms with Crippen LogP contribution in [0.3, 0.4) is 0 Å². The molecule has 0 saturated heterocycles. The van der Waals surface area contributed by atoms with Crippen LogP contribution < -0.4 is 27.1 Å². The van der Waals surface area contributed by atoms with E-state index in [0.717, 1.165) is 17.0 Å². The van der Waals surface area contributed by atoms with Crippen molar-refractivity contribution in [2.24, 2.45) is 0 Å². The SMILES string of the molecule is COc1ccc(-c2cc(=O)c3cc([N+](C)(C)C)ccc3o2)cc1.[Cl-]. The Hall–Kier alpha value is -2.30. The summed E-state index contributed by atoms with van der Waals surface area (Å²) in [6.07, 6.45) is 0. The van der Waals surface area contributed by atoms with Gasteiger partial charge in [0.1, 0.15) is 22.8 Å². The molecule has 0 N–H and O–H groups in total. The molecule has 1 heterocycles. The molecule has 0 spiro atoms. The summed E-state index contributed by atoms with van der Waals surface area (Å²) in [5, 5.41) is 0.604. The minimum atomic E-state index is -0.0348. The van der Waals surface area contributed by atoms with Gasteiger partial charge in [-0.05, 0) is 30.3 Å². The fraction of sp³-hybridized carbons (Fsp3) is 0.211. The van der Waals surface area contributed by atoms with Gasteiger partial charge in [-0.25, -0.2) is 0 Å². The zero-order valence-electron chi connectivity index (χ0n) is 14.2. The van der Waals surface area contributed by atoms with Crippen molar-refractivity contribution < 1.29 is 21.6 Å². The molecule has 0 radical (unpaired) electrons. The van der Waals surface area contributed by atoms with E-state index in [-0.39, 0.29) is 17.8 Å². The summed E-state index contributed by atoms with van der Waals surface area (Å²) in [7, 11) is 7.81. The Bertz CT molecular complexity index is 909. The van der Waals surface area contributed by atoms with Gasteiger partial charge in [-0.2, -0.15) is 0 Å². The maximum Gasteiger partial charge on any atom is 0.193 e. The fourth-order valence-electron chi connectivity index (χ4n) is 2.46. The van der Waals surface area contributed by atoms with E-state index in [4.69, 9.17) is 9.15 Å². The third-order valence-corrected chi connectivity index (χ3v) is 3.86. The highest BCUT2D eigenvalue weighted by Gasteiger charge is 2.15. The van der Waals surface area contributed by atoms with Crippen LogP contribution in [0.25, 0.3) is 22.3 Å². The van der Waals surface area contributed by atoms with Crippen molar-refractivity contribution in [3.05, 3.63) is 58.8 Å². The molecule has 24 heavy (non-hydrogen) atoms. The molecule has 0 fully saturated rings. The lowest BCUT2D eigenvalue weighted by molar-refractivity contribution is -0.00000571. The Morgan fingerprint density at radius 2 is 1.62 bits per heavy atom. The van der Waals surface area contributed by atoms with Crippen molar-refractivity contribution in [3.63, 3.8) is 0 Å².